The number of ether oxygens (including phenoxy) is 1. The molecule has 0 bridgehead atoms. The summed E-state index contributed by atoms with van der Waals surface area (Å²) < 4.78 is 5.75. The lowest BCUT2D eigenvalue weighted by molar-refractivity contribution is -0.900. The highest BCUT2D eigenvalue weighted by Crippen LogP contribution is 2.29. The monoisotopic (exact) mass is 404 g/mol. The Labute approximate surface area is 168 Å². The van der Waals surface area contributed by atoms with Crippen LogP contribution < -0.4 is 14.5 Å². The van der Waals surface area contributed by atoms with Crippen molar-refractivity contribution in [2.24, 2.45) is 0 Å². The second kappa shape index (κ2) is 9.03. The quantitative estimate of drug-likeness (QED) is 0.435. The van der Waals surface area contributed by atoms with Gasteiger partial charge in [-0.05, 0) is 43.3 Å². The number of piperazine rings is 1. The van der Waals surface area contributed by atoms with Crippen LogP contribution in [0.2, 0.25) is 5.02 Å². The van der Waals surface area contributed by atoms with Gasteiger partial charge < -0.3 is 14.5 Å². The van der Waals surface area contributed by atoms with Crippen LogP contribution in [0.25, 0.3) is 0 Å². The summed E-state index contributed by atoms with van der Waals surface area (Å²) in [6, 6.07) is 12.0. The Bertz CT molecular complexity index is 849. The second-order valence-corrected chi connectivity index (χ2v) is 7.24. The highest BCUT2D eigenvalue weighted by atomic mass is 35.5. The predicted molar refractivity (Wildman–Crippen MR) is 108 cm³/mol. The van der Waals surface area contributed by atoms with Crippen LogP contribution in [0, 0.1) is 10.1 Å². The number of hydrogen-bond donors (Lipinski definition) is 1. The molecule has 0 unspecified atom stereocenters. The van der Waals surface area contributed by atoms with Gasteiger partial charge in [0.15, 0.2) is 5.78 Å². The van der Waals surface area contributed by atoms with Gasteiger partial charge in [-0.1, -0.05) is 11.6 Å². The fourth-order valence-electron chi connectivity index (χ4n) is 3.31. The maximum absolute atomic E-state index is 11.5. The van der Waals surface area contributed by atoms with Gasteiger partial charge in [0.2, 0.25) is 0 Å². The van der Waals surface area contributed by atoms with Gasteiger partial charge in [-0.3, -0.25) is 14.9 Å². The number of benzene rings is 2. The summed E-state index contributed by atoms with van der Waals surface area (Å²) in [5, 5.41) is 12.1. The molecule has 2 aromatic rings. The molecule has 0 aromatic heterocycles. The minimum Gasteiger partial charge on any atom is -0.488 e. The number of ketones is 1. The van der Waals surface area contributed by atoms with Crippen LogP contribution in [-0.2, 0) is 0 Å². The molecular weight excluding hydrogens is 382 g/mol. The molecule has 1 heterocycles. The summed E-state index contributed by atoms with van der Waals surface area (Å²) in [6.07, 6.45) is 0. The topological polar surface area (TPSA) is 77.1 Å². The average Bonchev–Trinajstić information content (AvgIpc) is 2.69. The number of Topliss-reactive ketones (excluding diaryl/α,β-unsaturated/α-hetero) is 1. The van der Waals surface area contributed by atoms with E-state index in [2.05, 4.69) is 0 Å². The molecule has 0 radical (unpaired) electrons. The van der Waals surface area contributed by atoms with E-state index in [9.17, 15) is 14.9 Å². The number of halogens is 1. The minimum atomic E-state index is -0.416. The molecule has 1 N–H and O–H groups in total. The Morgan fingerprint density at radius 2 is 1.89 bits per heavy atom. The molecule has 1 fully saturated rings. The highest BCUT2D eigenvalue weighted by molar-refractivity contribution is 6.30. The van der Waals surface area contributed by atoms with Crippen LogP contribution >= 0.6 is 11.6 Å². The van der Waals surface area contributed by atoms with E-state index >= 15 is 0 Å². The fraction of sp³-hybridized carbons (Fsp3) is 0.350. The Morgan fingerprint density at radius 1 is 1.21 bits per heavy atom. The largest absolute Gasteiger partial charge is 0.488 e. The van der Waals surface area contributed by atoms with Gasteiger partial charge in [0.05, 0.1) is 31.1 Å². The number of nitrogens with zero attached hydrogens (tertiary/aromatic N) is 2. The lowest BCUT2D eigenvalue weighted by Gasteiger charge is -2.33. The van der Waals surface area contributed by atoms with E-state index in [-0.39, 0.29) is 11.5 Å². The summed E-state index contributed by atoms with van der Waals surface area (Å²) in [7, 11) is 0. The number of carbonyl (C=O) groups excluding carboxylic acids is 1. The molecule has 8 heteroatoms. The van der Waals surface area contributed by atoms with Gasteiger partial charge in [0.25, 0.3) is 5.69 Å². The van der Waals surface area contributed by atoms with Crippen molar-refractivity contribution in [3.8, 4) is 5.75 Å². The van der Waals surface area contributed by atoms with Crippen molar-refractivity contribution in [2.45, 2.75) is 6.92 Å². The molecule has 1 aliphatic heterocycles. The van der Waals surface area contributed by atoms with Crippen molar-refractivity contribution >= 4 is 28.8 Å². The summed E-state index contributed by atoms with van der Waals surface area (Å²) in [5.41, 5.74) is 0.924. The minimum absolute atomic E-state index is 0.0118. The molecule has 1 saturated heterocycles. The predicted octanol–water partition coefficient (Wildman–Crippen LogP) is 2.23. The molecule has 3 rings (SSSR count). The highest BCUT2D eigenvalue weighted by Gasteiger charge is 2.26. The summed E-state index contributed by atoms with van der Waals surface area (Å²) in [4.78, 5) is 26.0. The van der Waals surface area contributed by atoms with E-state index in [4.69, 9.17) is 16.3 Å². The van der Waals surface area contributed by atoms with Crippen LogP contribution in [0.3, 0.4) is 0 Å². The van der Waals surface area contributed by atoms with Crippen LogP contribution in [0.5, 0.6) is 5.75 Å². The zero-order valence-corrected chi connectivity index (χ0v) is 16.4. The normalized spacial score (nSPS) is 14.7. The third-order valence-corrected chi connectivity index (χ3v) is 5.18. The molecule has 148 valence electrons. The van der Waals surface area contributed by atoms with Crippen molar-refractivity contribution < 1.29 is 19.4 Å². The number of nitro groups is 1. The van der Waals surface area contributed by atoms with Gasteiger partial charge in [-0.25, -0.2) is 0 Å². The first-order valence-electron chi connectivity index (χ1n) is 9.20. The van der Waals surface area contributed by atoms with E-state index in [0.717, 1.165) is 38.5 Å². The summed E-state index contributed by atoms with van der Waals surface area (Å²) in [6.45, 7) is 6.05. The molecule has 2 aromatic carbocycles. The van der Waals surface area contributed by atoms with Gasteiger partial charge in [0.1, 0.15) is 24.6 Å². The first-order valence-corrected chi connectivity index (χ1v) is 9.58. The van der Waals surface area contributed by atoms with E-state index < -0.39 is 4.92 Å². The number of nitro benzene ring substituents is 1. The molecule has 1 aliphatic rings. The van der Waals surface area contributed by atoms with Crippen LogP contribution in [0.15, 0.2) is 42.5 Å². The summed E-state index contributed by atoms with van der Waals surface area (Å²) >= 11 is 5.86. The van der Waals surface area contributed by atoms with Crippen molar-refractivity contribution in [1.29, 1.82) is 0 Å². The number of nitrogens with one attached hydrogen (secondary N) is 1. The standard InChI is InChI=1S/C20H22ClN3O4/c1-15(25)16-2-7-19(20(14-16)24(26)27)23-10-8-22(9-11-23)12-13-28-18-5-3-17(21)4-6-18/h2-7,14H,8-13H2,1H3/p+1. The van der Waals surface area contributed by atoms with Crippen molar-refractivity contribution in [1.82, 2.24) is 0 Å². The number of hydrogen-bond acceptors (Lipinski definition) is 5. The Hall–Kier alpha value is -2.64. The molecule has 0 atom stereocenters. The van der Waals surface area contributed by atoms with Crippen LogP contribution in [-0.4, -0.2) is 50.0 Å². The van der Waals surface area contributed by atoms with E-state index in [1.54, 1.807) is 24.3 Å². The van der Waals surface area contributed by atoms with Crippen LogP contribution in [0.1, 0.15) is 17.3 Å². The molecule has 28 heavy (non-hydrogen) atoms. The zero-order valence-electron chi connectivity index (χ0n) is 15.7. The van der Waals surface area contributed by atoms with Crippen molar-refractivity contribution in [3.63, 3.8) is 0 Å². The van der Waals surface area contributed by atoms with Crippen molar-refractivity contribution in [2.75, 3.05) is 44.2 Å². The molecule has 0 saturated carbocycles. The zero-order chi connectivity index (χ0) is 20.1. The number of quaternary nitrogens is 1. The molecule has 0 aliphatic carbocycles. The Balaban J connectivity index is 1.54. The first kappa shape index (κ1) is 20.1. The number of carbonyl (C=O) groups is 1. The second-order valence-electron chi connectivity index (χ2n) is 6.81. The number of rotatable bonds is 7. The lowest BCUT2D eigenvalue weighted by Crippen LogP contribution is -3.15. The van der Waals surface area contributed by atoms with E-state index in [0.29, 0.717) is 22.9 Å². The summed E-state index contributed by atoms with van der Waals surface area (Å²) in [5.74, 6) is 0.619. The van der Waals surface area contributed by atoms with E-state index in [1.165, 1.54) is 17.9 Å². The fourth-order valence-corrected chi connectivity index (χ4v) is 3.44. The third-order valence-electron chi connectivity index (χ3n) is 4.93. The average molecular weight is 405 g/mol. The van der Waals surface area contributed by atoms with Gasteiger partial charge in [-0.2, -0.15) is 0 Å². The van der Waals surface area contributed by atoms with E-state index in [1.807, 2.05) is 17.0 Å². The molecule has 7 nitrogen and oxygen atoms in total. The Morgan fingerprint density at radius 3 is 2.50 bits per heavy atom. The SMILES string of the molecule is CC(=O)c1ccc(N2CC[NH+](CCOc3ccc(Cl)cc3)CC2)c([N+](=O)[O-])c1. The maximum atomic E-state index is 11.5. The smallest absolute Gasteiger partial charge is 0.293 e. The lowest BCUT2D eigenvalue weighted by atomic mass is 10.1. The first-order chi connectivity index (χ1) is 13.4. The number of anilines is 1. The Kier molecular flexibility index (Phi) is 6.49. The van der Waals surface area contributed by atoms with Crippen molar-refractivity contribution in [3.05, 3.63) is 63.2 Å². The molecule has 0 spiro atoms. The van der Waals surface area contributed by atoms with Gasteiger partial charge in [0, 0.05) is 16.7 Å². The maximum Gasteiger partial charge on any atom is 0.293 e. The molecule has 0 amide bonds. The van der Waals surface area contributed by atoms with Gasteiger partial charge >= 0.3 is 0 Å². The van der Waals surface area contributed by atoms with Gasteiger partial charge in [-0.15, -0.1) is 0 Å². The third kappa shape index (κ3) is 4.99. The molecular formula is C20H23ClN3O4+. The van der Waals surface area contributed by atoms with Crippen LogP contribution in [0.4, 0.5) is 11.4 Å².